The highest BCUT2D eigenvalue weighted by molar-refractivity contribution is 7.14. The molecule has 29 heavy (non-hydrogen) atoms. The van der Waals surface area contributed by atoms with Crippen LogP contribution in [0.4, 0.5) is 0 Å². The average molecular weight is 445 g/mol. The molecule has 1 amide bonds. The monoisotopic (exact) mass is 444 g/mol. The van der Waals surface area contributed by atoms with Crippen LogP contribution in [0.15, 0.2) is 45.2 Å². The molecule has 0 saturated heterocycles. The summed E-state index contributed by atoms with van der Waals surface area (Å²) in [5.74, 6) is 0.362. The van der Waals surface area contributed by atoms with Crippen LogP contribution in [0.1, 0.15) is 18.4 Å². The van der Waals surface area contributed by atoms with E-state index in [1.165, 1.54) is 11.3 Å². The lowest BCUT2D eigenvalue weighted by molar-refractivity contribution is -0.131. The predicted octanol–water partition coefficient (Wildman–Crippen LogP) is 4.35. The molecule has 0 unspecified atom stereocenters. The molecule has 0 atom stereocenters. The van der Waals surface area contributed by atoms with Crippen molar-refractivity contribution in [1.82, 2.24) is 19.9 Å². The minimum atomic E-state index is -0.245. The van der Waals surface area contributed by atoms with Gasteiger partial charge in [0.25, 0.3) is 5.56 Å². The summed E-state index contributed by atoms with van der Waals surface area (Å²) in [5.41, 5.74) is 2.08. The molecule has 1 N–H and O–H groups in total. The Morgan fingerprint density at radius 2 is 2.10 bits per heavy atom. The molecule has 0 saturated carbocycles. The molecule has 148 valence electrons. The quantitative estimate of drug-likeness (QED) is 0.479. The number of amides is 1. The van der Waals surface area contributed by atoms with Crippen LogP contribution in [0.3, 0.4) is 0 Å². The normalized spacial score (nSPS) is 11.1. The summed E-state index contributed by atoms with van der Waals surface area (Å²) in [5, 5.41) is 7.85. The van der Waals surface area contributed by atoms with E-state index in [1.807, 2.05) is 29.1 Å². The molecule has 3 heterocycles. The van der Waals surface area contributed by atoms with Crippen molar-refractivity contribution >= 4 is 51.1 Å². The first-order valence-electron chi connectivity index (χ1n) is 8.96. The van der Waals surface area contributed by atoms with Gasteiger partial charge in [-0.2, -0.15) is 11.3 Å². The molecular weight excluding hydrogens is 428 g/mol. The van der Waals surface area contributed by atoms with Crippen LogP contribution >= 0.6 is 34.3 Å². The number of rotatable bonds is 6. The van der Waals surface area contributed by atoms with Crippen LogP contribution in [0.2, 0.25) is 5.02 Å². The first-order chi connectivity index (χ1) is 14.0. The van der Waals surface area contributed by atoms with Gasteiger partial charge in [0.15, 0.2) is 0 Å². The van der Waals surface area contributed by atoms with Gasteiger partial charge in [-0.15, -0.1) is 11.3 Å². The number of benzene rings is 1. The van der Waals surface area contributed by atoms with E-state index in [1.54, 1.807) is 34.4 Å². The van der Waals surface area contributed by atoms with Gasteiger partial charge in [0.05, 0.1) is 29.6 Å². The Labute approximate surface area is 179 Å². The van der Waals surface area contributed by atoms with E-state index in [4.69, 9.17) is 11.6 Å². The van der Waals surface area contributed by atoms with Crippen LogP contribution in [0.5, 0.6) is 0 Å². The van der Waals surface area contributed by atoms with Crippen molar-refractivity contribution in [1.29, 1.82) is 0 Å². The molecule has 0 radical (unpaired) electrons. The fraction of sp³-hybridized carbons (Fsp3) is 0.200. The van der Waals surface area contributed by atoms with E-state index in [0.29, 0.717) is 28.3 Å². The van der Waals surface area contributed by atoms with Crippen molar-refractivity contribution < 1.29 is 4.79 Å². The van der Waals surface area contributed by atoms with Crippen LogP contribution in [-0.2, 0) is 17.8 Å². The molecule has 4 aromatic rings. The maximum atomic E-state index is 12.8. The molecule has 0 fully saturated rings. The van der Waals surface area contributed by atoms with Gasteiger partial charge in [-0.05, 0) is 36.6 Å². The summed E-state index contributed by atoms with van der Waals surface area (Å²) in [6.45, 7) is 2.61. The van der Waals surface area contributed by atoms with Crippen molar-refractivity contribution in [2.45, 2.75) is 19.9 Å². The number of thiazole rings is 1. The van der Waals surface area contributed by atoms with Crippen LogP contribution in [0.25, 0.3) is 21.5 Å². The second-order valence-corrected chi connectivity index (χ2v) is 8.49. The summed E-state index contributed by atoms with van der Waals surface area (Å²) in [6.07, 6.45) is 0.206. The number of nitrogens with zero attached hydrogens (tertiary/aromatic N) is 3. The number of thiophene rings is 1. The molecule has 0 spiro atoms. The minimum absolute atomic E-state index is 0.0662. The summed E-state index contributed by atoms with van der Waals surface area (Å²) in [7, 11) is 0. The number of hydrogen-bond acceptors (Lipinski definition) is 6. The standard InChI is InChI=1S/C20H17ClN4O2S2/c1-2-25(9-17-23-16-7-13(21)3-4-15(16)19(27)24-17)18(26)8-14-11-29-20(22-14)12-5-6-28-10-12/h3-7,10-11H,2,8-9H2,1H3,(H,23,24,27). The highest BCUT2D eigenvalue weighted by Gasteiger charge is 2.17. The SMILES string of the molecule is CCN(Cc1nc2cc(Cl)ccc2c(=O)[nH]1)C(=O)Cc1csc(-c2ccsc2)n1. The summed E-state index contributed by atoms with van der Waals surface area (Å²) in [6, 6.07) is 6.96. The maximum absolute atomic E-state index is 12.8. The second-order valence-electron chi connectivity index (χ2n) is 6.41. The van der Waals surface area contributed by atoms with Crippen molar-refractivity contribution in [3.05, 3.63) is 67.3 Å². The molecule has 6 nitrogen and oxygen atoms in total. The van der Waals surface area contributed by atoms with Crippen molar-refractivity contribution in [2.75, 3.05) is 6.54 Å². The summed E-state index contributed by atoms with van der Waals surface area (Å²) < 4.78 is 0. The minimum Gasteiger partial charge on any atom is -0.335 e. The number of fused-ring (bicyclic) bond motifs is 1. The Balaban J connectivity index is 1.51. The Morgan fingerprint density at radius 3 is 2.86 bits per heavy atom. The molecule has 1 aromatic carbocycles. The van der Waals surface area contributed by atoms with Gasteiger partial charge in [0.1, 0.15) is 10.8 Å². The van der Waals surface area contributed by atoms with Gasteiger partial charge in [0.2, 0.25) is 5.91 Å². The fourth-order valence-corrected chi connectivity index (χ4v) is 4.66. The lowest BCUT2D eigenvalue weighted by Crippen LogP contribution is -2.33. The van der Waals surface area contributed by atoms with E-state index in [9.17, 15) is 9.59 Å². The van der Waals surface area contributed by atoms with Crippen molar-refractivity contribution in [2.24, 2.45) is 0 Å². The molecule has 0 bridgehead atoms. The van der Waals surface area contributed by atoms with Crippen LogP contribution < -0.4 is 5.56 Å². The van der Waals surface area contributed by atoms with Gasteiger partial charge in [-0.3, -0.25) is 9.59 Å². The van der Waals surface area contributed by atoms with E-state index in [2.05, 4.69) is 15.0 Å². The Hall–Kier alpha value is -2.55. The highest BCUT2D eigenvalue weighted by Crippen LogP contribution is 2.26. The molecule has 0 aliphatic heterocycles. The zero-order chi connectivity index (χ0) is 20.4. The number of halogens is 1. The van der Waals surface area contributed by atoms with Gasteiger partial charge >= 0.3 is 0 Å². The molecule has 4 rings (SSSR count). The Morgan fingerprint density at radius 1 is 1.24 bits per heavy atom. The molecule has 0 aliphatic rings. The number of aromatic amines is 1. The van der Waals surface area contributed by atoms with Crippen LogP contribution in [-0.4, -0.2) is 32.3 Å². The lowest BCUT2D eigenvalue weighted by atomic mass is 10.2. The molecule has 9 heteroatoms. The zero-order valence-corrected chi connectivity index (χ0v) is 17.9. The summed E-state index contributed by atoms with van der Waals surface area (Å²) in [4.78, 5) is 38.6. The zero-order valence-electron chi connectivity index (χ0n) is 15.5. The second kappa shape index (κ2) is 8.44. The lowest BCUT2D eigenvalue weighted by Gasteiger charge is -2.20. The van der Waals surface area contributed by atoms with Gasteiger partial charge in [0, 0.05) is 27.9 Å². The van der Waals surface area contributed by atoms with Gasteiger partial charge in [-0.1, -0.05) is 11.6 Å². The van der Waals surface area contributed by atoms with E-state index >= 15 is 0 Å². The molecular formula is C20H17ClN4O2S2. The number of hydrogen-bond donors (Lipinski definition) is 1. The number of aromatic nitrogens is 3. The van der Waals surface area contributed by atoms with Crippen molar-refractivity contribution in [3.63, 3.8) is 0 Å². The van der Waals surface area contributed by atoms with E-state index in [0.717, 1.165) is 16.3 Å². The number of carbonyl (C=O) groups excluding carboxylic acids is 1. The summed E-state index contributed by atoms with van der Waals surface area (Å²) >= 11 is 9.16. The average Bonchev–Trinajstić information content (AvgIpc) is 3.37. The number of carbonyl (C=O) groups is 1. The van der Waals surface area contributed by atoms with E-state index in [-0.39, 0.29) is 24.4 Å². The third-order valence-corrected chi connectivity index (χ3v) is 6.30. The fourth-order valence-electron chi connectivity index (χ4n) is 2.97. The Bertz CT molecular complexity index is 1220. The molecule has 0 aliphatic carbocycles. The first kappa shape index (κ1) is 19.8. The predicted molar refractivity (Wildman–Crippen MR) is 118 cm³/mol. The number of nitrogens with one attached hydrogen (secondary N) is 1. The van der Waals surface area contributed by atoms with Gasteiger partial charge in [-0.25, -0.2) is 9.97 Å². The van der Waals surface area contributed by atoms with Crippen molar-refractivity contribution in [3.8, 4) is 10.6 Å². The first-order valence-corrected chi connectivity index (χ1v) is 11.2. The maximum Gasteiger partial charge on any atom is 0.258 e. The topological polar surface area (TPSA) is 79.0 Å². The highest BCUT2D eigenvalue weighted by atomic mass is 35.5. The van der Waals surface area contributed by atoms with Crippen LogP contribution in [0, 0.1) is 0 Å². The smallest absolute Gasteiger partial charge is 0.258 e. The number of likely N-dealkylation sites (N-methyl/N-ethyl adjacent to an activating group) is 1. The Kier molecular flexibility index (Phi) is 5.75. The third-order valence-electron chi connectivity index (χ3n) is 4.44. The third kappa shape index (κ3) is 4.39. The molecule has 3 aromatic heterocycles. The number of H-pyrrole nitrogens is 1. The van der Waals surface area contributed by atoms with Gasteiger partial charge < -0.3 is 9.88 Å². The van der Waals surface area contributed by atoms with E-state index < -0.39 is 0 Å². The largest absolute Gasteiger partial charge is 0.335 e.